The zero-order valence-corrected chi connectivity index (χ0v) is 11.9. The van der Waals surface area contributed by atoms with Crippen molar-refractivity contribution >= 4 is 22.4 Å². The van der Waals surface area contributed by atoms with Gasteiger partial charge in [-0.2, -0.15) is 13.2 Å². The Balaban J connectivity index is 1.98. The van der Waals surface area contributed by atoms with E-state index in [1.54, 1.807) is 0 Å². The highest BCUT2D eigenvalue weighted by molar-refractivity contribution is 7.15. The second kappa shape index (κ2) is 5.99. The molecule has 0 saturated carbocycles. The average Bonchev–Trinajstić information content (AvgIpc) is 2.86. The van der Waals surface area contributed by atoms with Crippen molar-refractivity contribution < 1.29 is 18.0 Å². The lowest BCUT2D eigenvalue weighted by molar-refractivity contribution is -0.134. The largest absolute Gasteiger partial charge is 0.427 e. The second-order valence-electron chi connectivity index (χ2n) is 4.90. The number of anilines is 1. The first kappa shape index (κ1) is 15.1. The third kappa shape index (κ3) is 3.84. The number of amides is 1. The third-order valence-corrected chi connectivity index (χ3v) is 4.31. The van der Waals surface area contributed by atoms with Gasteiger partial charge in [0.2, 0.25) is 5.91 Å². The Morgan fingerprint density at radius 2 is 2.35 bits per heavy atom. The zero-order chi connectivity index (χ0) is 14.8. The molecule has 1 amide bonds. The molecule has 1 aromatic heterocycles. The number of hydrogen-bond donors (Lipinski definition) is 1. The van der Waals surface area contributed by atoms with Gasteiger partial charge in [0.15, 0.2) is 5.13 Å². The van der Waals surface area contributed by atoms with Gasteiger partial charge in [0.05, 0.1) is 6.20 Å². The van der Waals surface area contributed by atoms with E-state index in [1.807, 2.05) is 4.90 Å². The van der Waals surface area contributed by atoms with Crippen LogP contribution >= 0.6 is 11.3 Å². The molecule has 1 aliphatic rings. The molecule has 4 nitrogen and oxygen atoms in total. The minimum atomic E-state index is -4.33. The number of piperidine rings is 1. The van der Waals surface area contributed by atoms with Crippen molar-refractivity contribution in [2.75, 3.05) is 24.5 Å². The van der Waals surface area contributed by atoms with Crippen LogP contribution in [0.15, 0.2) is 6.20 Å². The summed E-state index contributed by atoms with van der Waals surface area (Å²) in [4.78, 5) is 16.0. The minimum Gasteiger partial charge on any atom is -0.356 e. The van der Waals surface area contributed by atoms with Crippen LogP contribution in [0.25, 0.3) is 0 Å². The predicted octanol–water partition coefficient (Wildman–Crippen LogP) is 2.51. The summed E-state index contributed by atoms with van der Waals surface area (Å²) in [7, 11) is 0. The van der Waals surface area contributed by atoms with E-state index in [0.717, 1.165) is 19.0 Å². The Labute approximate surface area is 119 Å². The lowest BCUT2D eigenvalue weighted by Crippen LogP contribution is -2.40. The molecule has 2 heterocycles. The first-order chi connectivity index (χ1) is 9.36. The second-order valence-corrected chi connectivity index (χ2v) is 5.91. The number of alkyl halides is 3. The molecule has 0 aromatic carbocycles. The SMILES string of the molecule is CC(=O)NCC1CCCN(c2ncc(C(F)(F)F)s2)C1. The lowest BCUT2D eigenvalue weighted by Gasteiger charge is -2.32. The summed E-state index contributed by atoms with van der Waals surface area (Å²) in [6.45, 7) is 3.35. The molecular formula is C12H16F3N3OS. The molecule has 112 valence electrons. The van der Waals surface area contributed by atoms with E-state index in [1.165, 1.54) is 6.92 Å². The molecule has 1 saturated heterocycles. The van der Waals surface area contributed by atoms with Crippen LogP contribution in [0.5, 0.6) is 0 Å². The monoisotopic (exact) mass is 307 g/mol. The maximum Gasteiger partial charge on any atom is 0.427 e. The van der Waals surface area contributed by atoms with Gasteiger partial charge in [0, 0.05) is 26.6 Å². The third-order valence-electron chi connectivity index (χ3n) is 3.20. The summed E-state index contributed by atoms with van der Waals surface area (Å²) in [6, 6.07) is 0. The van der Waals surface area contributed by atoms with Crippen LogP contribution in [-0.2, 0) is 11.0 Å². The van der Waals surface area contributed by atoms with Crippen molar-refractivity contribution in [2.45, 2.75) is 25.9 Å². The first-order valence-electron chi connectivity index (χ1n) is 6.38. The standard InChI is InChI=1S/C12H16F3N3OS/c1-8(19)16-5-9-3-2-4-18(7-9)11-17-6-10(20-11)12(13,14)15/h6,9H,2-5,7H2,1H3,(H,16,19). The van der Waals surface area contributed by atoms with Crippen molar-refractivity contribution in [3.05, 3.63) is 11.1 Å². The van der Waals surface area contributed by atoms with Crippen molar-refractivity contribution in [2.24, 2.45) is 5.92 Å². The van der Waals surface area contributed by atoms with E-state index in [9.17, 15) is 18.0 Å². The molecule has 1 fully saturated rings. The Hall–Kier alpha value is -1.31. The smallest absolute Gasteiger partial charge is 0.356 e. The Bertz CT molecular complexity index is 475. The molecule has 1 unspecified atom stereocenters. The highest BCUT2D eigenvalue weighted by Crippen LogP contribution is 2.37. The molecule has 0 radical (unpaired) electrons. The zero-order valence-electron chi connectivity index (χ0n) is 11.0. The van der Waals surface area contributed by atoms with Gasteiger partial charge >= 0.3 is 6.18 Å². The number of carbonyl (C=O) groups excluding carboxylic acids is 1. The van der Waals surface area contributed by atoms with Crippen LogP contribution in [0.3, 0.4) is 0 Å². The number of hydrogen-bond acceptors (Lipinski definition) is 4. The van der Waals surface area contributed by atoms with Gasteiger partial charge in [0.1, 0.15) is 4.88 Å². The fourth-order valence-electron chi connectivity index (χ4n) is 2.24. The summed E-state index contributed by atoms with van der Waals surface area (Å²) in [6.07, 6.45) is -1.59. The molecule has 0 aliphatic carbocycles. The van der Waals surface area contributed by atoms with Crippen LogP contribution in [0.4, 0.5) is 18.3 Å². The summed E-state index contributed by atoms with van der Waals surface area (Å²) in [5, 5.41) is 3.16. The quantitative estimate of drug-likeness (QED) is 0.933. The Morgan fingerprint density at radius 3 is 2.95 bits per heavy atom. The van der Waals surface area contributed by atoms with E-state index < -0.39 is 11.1 Å². The fraction of sp³-hybridized carbons (Fsp3) is 0.667. The van der Waals surface area contributed by atoms with E-state index in [0.29, 0.717) is 36.1 Å². The van der Waals surface area contributed by atoms with E-state index >= 15 is 0 Å². The number of rotatable bonds is 3. The maximum atomic E-state index is 12.6. The minimum absolute atomic E-state index is 0.0873. The van der Waals surface area contributed by atoms with Gasteiger partial charge in [-0.15, -0.1) is 0 Å². The summed E-state index contributed by atoms with van der Waals surface area (Å²) in [5.41, 5.74) is 0. The Morgan fingerprint density at radius 1 is 1.60 bits per heavy atom. The van der Waals surface area contributed by atoms with Crippen molar-refractivity contribution in [3.63, 3.8) is 0 Å². The predicted molar refractivity (Wildman–Crippen MR) is 70.7 cm³/mol. The molecule has 1 atom stereocenters. The van der Waals surface area contributed by atoms with E-state index in [-0.39, 0.29) is 11.8 Å². The fourth-order valence-corrected chi connectivity index (χ4v) is 3.05. The highest BCUT2D eigenvalue weighted by Gasteiger charge is 2.34. The Kier molecular flexibility index (Phi) is 4.52. The van der Waals surface area contributed by atoms with Crippen molar-refractivity contribution in [1.29, 1.82) is 0 Å². The van der Waals surface area contributed by atoms with Crippen LogP contribution in [0.1, 0.15) is 24.6 Å². The number of thiazole rings is 1. The first-order valence-corrected chi connectivity index (χ1v) is 7.20. The van der Waals surface area contributed by atoms with Gasteiger partial charge in [0.25, 0.3) is 0 Å². The molecule has 2 rings (SSSR count). The highest BCUT2D eigenvalue weighted by atomic mass is 32.1. The average molecular weight is 307 g/mol. The number of nitrogens with one attached hydrogen (secondary N) is 1. The van der Waals surface area contributed by atoms with E-state index in [4.69, 9.17) is 0 Å². The number of halogens is 3. The van der Waals surface area contributed by atoms with Crippen LogP contribution in [0, 0.1) is 5.92 Å². The maximum absolute atomic E-state index is 12.6. The van der Waals surface area contributed by atoms with Crippen LogP contribution in [-0.4, -0.2) is 30.5 Å². The van der Waals surface area contributed by atoms with Crippen molar-refractivity contribution in [1.82, 2.24) is 10.3 Å². The summed E-state index contributed by atoms with van der Waals surface area (Å²) >= 11 is 0.675. The molecule has 1 N–H and O–H groups in total. The van der Waals surface area contributed by atoms with E-state index in [2.05, 4.69) is 10.3 Å². The summed E-state index contributed by atoms with van der Waals surface area (Å²) in [5.74, 6) is 0.168. The molecule has 20 heavy (non-hydrogen) atoms. The molecule has 1 aromatic rings. The lowest BCUT2D eigenvalue weighted by atomic mass is 9.98. The van der Waals surface area contributed by atoms with Gasteiger partial charge in [-0.3, -0.25) is 4.79 Å². The van der Waals surface area contributed by atoms with Gasteiger partial charge < -0.3 is 10.2 Å². The van der Waals surface area contributed by atoms with Crippen LogP contribution < -0.4 is 10.2 Å². The molecule has 1 aliphatic heterocycles. The molecule has 0 bridgehead atoms. The number of nitrogens with zero attached hydrogens (tertiary/aromatic N) is 2. The topological polar surface area (TPSA) is 45.2 Å². The van der Waals surface area contributed by atoms with Gasteiger partial charge in [-0.25, -0.2) is 4.98 Å². The van der Waals surface area contributed by atoms with Crippen LogP contribution in [0.2, 0.25) is 0 Å². The molecule has 0 spiro atoms. The molecule has 8 heteroatoms. The summed E-state index contributed by atoms with van der Waals surface area (Å²) < 4.78 is 37.7. The van der Waals surface area contributed by atoms with Gasteiger partial charge in [-0.05, 0) is 18.8 Å². The molecular weight excluding hydrogens is 291 g/mol. The number of carbonyl (C=O) groups is 1. The number of aromatic nitrogens is 1. The normalized spacial score (nSPS) is 20.0. The van der Waals surface area contributed by atoms with Gasteiger partial charge in [-0.1, -0.05) is 11.3 Å². The van der Waals surface area contributed by atoms with Crippen molar-refractivity contribution in [3.8, 4) is 0 Å².